The Morgan fingerprint density at radius 2 is 1.93 bits per heavy atom. The van der Waals surface area contributed by atoms with Gasteiger partial charge in [0.1, 0.15) is 12.5 Å². The van der Waals surface area contributed by atoms with E-state index in [4.69, 9.17) is 14.2 Å². The lowest BCUT2D eigenvalue weighted by molar-refractivity contribution is -0.0516. The molecule has 0 unspecified atom stereocenters. The minimum atomic E-state index is -3.00. The summed E-state index contributed by atoms with van der Waals surface area (Å²) in [6.07, 6.45) is 3.43. The van der Waals surface area contributed by atoms with Crippen molar-refractivity contribution >= 4 is 19.0 Å². The molecule has 2 N–H and O–H groups in total. The second-order valence-corrected chi connectivity index (χ2v) is 16.8. The van der Waals surface area contributed by atoms with Gasteiger partial charge in [-0.25, -0.2) is 5.10 Å². The third-order valence-corrected chi connectivity index (χ3v) is 8.52. The molecule has 8 nitrogen and oxygen atoms in total. The van der Waals surface area contributed by atoms with Gasteiger partial charge in [-0.05, 0) is 54.3 Å². The number of hydrogen-bond acceptors (Lipinski definition) is 6. The molecule has 1 aliphatic carbocycles. The highest BCUT2D eigenvalue weighted by Crippen LogP contribution is 2.41. The fourth-order valence-corrected chi connectivity index (χ4v) is 5.37. The lowest BCUT2D eigenvalue weighted by Crippen LogP contribution is -2.22. The zero-order chi connectivity index (χ0) is 28.4. The quantitative estimate of drug-likeness (QED) is 0.157. The number of phenols is 1. The average Bonchev–Trinajstić information content (AvgIpc) is 3.65. The molecule has 40 heavy (non-hydrogen) atoms. The Balaban J connectivity index is 1.68. The van der Waals surface area contributed by atoms with Crippen LogP contribution < -0.4 is 15.0 Å². The number of fused-ring (bicyclic) bond motifs is 1. The number of aromatic nitrogens is 3. The van der Waals surface area contributed by atoms with Gasteiger partial charge in [-0.3, -0.25) is 4.79 Å². The van der Waals surface area contributed by atoms with Gasteiger partial charge in [-0.2, -0.15) is 13.9 Å². The Hall–Kier alpha value is -3.70. The van der Waals surface area contributed by atoms with Crippen molar-refractivity contribution < 1.29 is 28.1 Å². The highest BCUT2D eigenvalue weighted by atomic mass is 28.3. The van der Waals surface area contributed by atoms with Crippen LogP contribution >= 0.6 is 0 Å². The molecule has 0 bridgehead atoms. The van der Waals surface area contributed by atoms with Crippen molar-refractivity contribution in [3.05, 3.63) is 70.1 Å². The van der Waals surface area contributed by atoms with Gasteiger partial charge < -0.3 is 23.9 Å². The molecule has 0 saturated heterocycles. The first kappa shape index (κ1) is 27.8. The van der Waals surface area contributed by atoms with E-state index in [2.05, 4.69) is 29.8 Å². The van der Waals surface area contributed by atoms with Gasteiger partial charge in [-0.15, -0.1) is 0 Å². The molecule has 2 aromatic carbocycles. The molecule has 1 aliphatic rings. The predicted molar refractivity (Wildman–Crippen MR) is 151 cm³/mol. The van der Waals surface area contributed by atoms with Gasteiger partial charge in [-0.1, -0.05) is 37.8 Å². The second kappa shape index (κ2) is 11.4. The zero-order valence-corrected chi connectivity index (χ0v) is 23.7. The first-order valence-corrected chi connectivity index (χ1v) is 17.0. The van der Waals surface area contributed by atoms with Crippen molar-refractivity contribution in [1.29, 1.82) is 0 Å². The molecule has 5 rings (SSSR count). The number of ether oxygens (including phenoxy) is 3. The molecule has 1 saturated carbocycles. The van der Waals surface area contributed by atoms with Crippen molar-refractivity contribution in [2.45, 2.75) is 64.4 Å². The fourth-order valence-electron chi connectivity index (χ4n) is 4.61. The van der Waals surface area contributed by atoms with E-state index in [9.17, 15) is 18.7 Å². The molecular formula is C29H33F2N3O5Si. The first-order valence-electron chi connectivity index (χ1n) is 13.3. The third kappa shape index (κ3) is 6.36. The summed E-state index contributed by atoms with van der Waals surface area (Å²) in [6.45, 7) is 4.51. The summed E-state index contributed by atoms with van der Waals surface area (Å²) in [5, 5.41) is 17.6. The minimum absolute atomic E-state index is 0.0542. The molecule has 2 aromatic heterocycles. The lowest BCUT2D eigenvalue weighted by Gasteiger charge is -2.18. The van der Waals surface area contributed by atoms with Crippen LogP contribution in [-0.4, -0.2) is 47.3 Å². The van der Waals surface area contributed by atoms with Crippen LogP contribution in [0.3, 0.4) is 0 Å². The SMILES string of the molecule is C[Si](C)(C)CCOCn1c(-c2ccc(OC(F)F)c(OC3CC3)c2)c(Cc2ccccc2O)c2c(=O)[nH]ncc21. The predicted octanol–water partition coefficient (Wildman–Crippen LogP) is 6.14. The topological polar surface area (TPSA) is 98.6 Å². The number of rotatable bonds is 12. The van der Waals surface area contributed by atoms with Gasteiger partial charge in [0.2, 0.25) is 0 Å². The van der Waals surface area contributed by atoms with Gasteiger partial charge in [0, 0.05) is 26.7 Å². The van der Waals surface area contributed by atoms with Crippen LogP contribution in [0.1, 0.15) is 24.0 Å². The highest BCUT2D eigenvalue weighted by molar-refractivity contribution is 6.76. The largest absolute Gasteiger partial charge is 0.508 e. The van der Waals surface area contributed by atoms with E-state index in [1.54, 1.807) is 36.5 Å². The number of phenolic OH excluding ortho intramolecular Hbond substituents is 1. The Morgan fingerprint density at radius 1 is 1.15 bits per heavy atom. The maximum Gasteiger partial charge on any atom is 0.387 e. The maximum atomic E-state index is 13.2. The average molecular weight is 570 g/mol. The summed E-state index contributed by atoms with van der Waals surface area (Å²) in [5.41, 5.74) is 2.74. The highest BCUT2D eigenvalue weighted by Gasteiger charge is 2.28. The van der Waals surface area contributed by atoms with Crippen molar-refractivity contribution in [3.8, 4) is 28.5 Å². The van der Waals surface area contributed by atoms with Crippen LogP contribution in [0.5, 0.6) is 17.2 Å². The van der Waals surface area contributed by atoms with Crippen molar-refractivity contribution in [1.82, 2.24) is 14.8 Å². The zero-order valence-electron chi connectivity index (χ0n) is 22.7. The van der Waals surface area contributed by atoms with Crippen molar-refractivity contribution in [2.24, 2.45) is 0 Å². The van der Waals surface area contributed by atoms with E-state index in [0.29, 0.717) is 39.9 Å². The molecular weight excluding hydrogens is 536 g/mol. The Morgan fingerprint density at radius 3 is 2.62 bits per heavy atom. The molecule has 11 heteroatoms. The molecule has 0 aliphatic heterocycles. The van der Waals surface area contributed by atoms with Crippen LogP contribution in [0.15, 0.2) is 53.5 Å². The van der Waals surface area contributed by atoms with E-state index in [1.807, 2.05) is 10.6 Å². The van der Waals surface area contributed by atoms with E-state index in [-0.39, 0.29) is 42.1 Å². The summed E-state index contributed by atoms with van der Waals surface area (Å²) in [4.78, 5) is 13.2. The van der Waals surface area contributed by atoms with Gasteiger partial charge >= 0.3 is 6.61 Å². The molecule has 0 spiro atoms. The lowest BCUT2D eigenvalue weighted by atomic mass is 9.98. The number of alkyl halides is 2. The van der Waals surface area contributed by atoms with Crippen LogP contribution in [0.2, 0.25) is 25.7 Å². The van der Waals surface area contributed by atoms with E-state index in [0.717, 1.165) is 18.9 Å². The number of hydrogen-bond donors (Lipinski definition) is 2. The van der Waals surface area contributed by atoms with E-state index < -0.39 is 14.7 Å². The molecule has 1 fully saturated rings. The molecule has 4 aromatic rings. The Bertz CT molecular complexity index is 1560. The fraction of sp³-hybridized carbons (Fsp3) is 0.379. The standard InChI is InChI=1S/C29H33F2N3O5Si/c1-40(2,3)13-12-37-17-34-22-16-32-33-28(36)26(22)21(14-18-6-4-5-7-23(18)35)27(34)19-8-11-24(39-29(30)31)25(15-19)38-20-9-10-20/h4-8,11,15-16,20,29,35H,9-10,12-14,17H2,1-3H3,(H,33,36). The number of H-pyrrole nitrogens is 1. The van der Waals surface area contributed by atoms with Gasteiger partial charge in [0.15, 0.2) is 11.5 Å². The van der Waals surface area contributed by atoms with Crippen LogP contribution in [-0.2, 0) is 17.9 Å². The number of nitrogens with zero attached hydrogens (tertiary/aromatic N) is 2. The Labute approximate surface area is 231 Å². The third-order valence-electron chi connectivity index (χ3n) is 6.81. The summed E-state index contributed by atoms with van der Waals surface area (Å²) in [6, 6.07) is 12.7. The Kier molecular flexibility index (Phi) is 7.95. The molecule has 0 radical (unpaired) electrons. The smallest absolute Gasteiger partial charge is 0.387 e. The summed E-state index contributed by atoms with van der Waals surface area (Å²) in [5.74, 6) is 0.253. The molecule has 212 valence electrons. The van der Waals surface area contributed by atoms with Gasteiger partial charge in [0.25, 0.3) is 5.56 Å². The summed E-state index contributed by atoms with van der Waals surface area (Å²) < 4.78 is 45.0. The molecule has 2 heterocycles. The van der Waals surface area contributed by atoms with Crippen LogP contribution in [0.25, 0.3) is 22.2 Å². The first-order chi connectivity index (χ1) is 19.1. The maximum absolute atomic E-state index is 13.2. The van der Waals surface area contributed by atoms with E-state index in [1.165, 1.54) is 6.07 Å². The minimum Gasteiger partial charge on any atom is -0.508 e. The van der Waals surface area contributed by atoms with Crippen molar-refractivity contribution in [2.75, 3.05) is 6.61 Å². The normalized spacial score (nSPS) is 13.8. The number of para-hydroxylation sites is 1. The summed E-state index contributed by atoms with van der Waals surface area (Å²) >= 11 is 0. The summed E-state index contributed by atoms with van der Waals surface area (Å²) in [7, 11) is -1.35. The van der Waals surface area contributed by atoms with Crippen LogP contribution in [0.4, 0.5) is 8.78 Å². The number of benzene rings is 2. The second-order valence-electron chi connectivity index (χ2n) is 11.2. The van der Waals surface area contributed by atoms with Crippen LogP contribution in [0, 0.1) is 0 Å². The monoisotopic (exact) mass is 569 g/mol. The molecule has 0 atom stereocenters. The van der Waals surface area contributed by atoms with Crippen molar-refractivity contribution in [3.63, 3.8) is 0 Å². The van der Waals surface area contributed by atoms with Gasteiger partial charge in [0.05, 0.1) is 28.9 Å². The number of halogens is 2. The molecule has 0 amide bonds. The number of nitrogens with one attached hydrogen (secondary N) is 1. The number of aromatic hydroxyl groups is 1. The van der Waals surface area contributed by atoms with E-state index >= 15 is 0 Å². The number of aromatic amines is 1.